The third-order valence-corrected chi connectivity index (χ3v) is 1.65. The number of aliphatic carboxylic acids is 1. The zero-order valence-electron chi connectivity index (χ0n) is 9.44. The van der Waals surface area contributed by atoms with Gasteiger partial charge in [-0.1, -0.05) is 11.6 Å². The molecule has 0 aliphatic carbocycles. The van der Waals surface area contributed by atoms with E-state index in [0.29, 0.717) is 5.02 Å². The lowest BCUT2D eigenvalue weighted by molar-refractivity contribution is -0.134. The molecule has 0 bridgehead atoms. The molecule has 0 saturated carbocycles. The molecule has 0 unspecified atom stereocenters. The highest BCUT2D eigenvalue weighted by Gasteiger charge is 2.09. The molecule has 0 radical (unpaired) electrons. The molecule has 0 aliphatic heterocycles. The summed E-state index contributed by atoms with van der Waals surface area (Å²) < 4.78 is 0. The number of rotatable bonds is 3. The molecule has 0 saturated heterocycles. The fraction of sp³-hybridized carbons (Fsp3) is 0.273. The lowest BCUT2D eigenvalue weighted by Gasteiger charge is -1.96. The molecule has 0 atom stereocenters. The van der Waals surface area contributed by atoms with Crippen molar-refractivity contribution in [3.05, 3.63) is 29.0 Å². The number of carbonyl (C=O) groups is 3. The monoisotopic (exact) mass is 257 g/mol. The van der Waals surface area contributed by atoms with Crippen LogP contribution in [0.1, 0.15) is 30.8 Å². The van der Waals surface area contributed by atoms with Crippen LogP contribution in [0.4, 0.5) is 0 Å². The standard InChI is InChI=1S/C9H8ClNO2.C2H4O2/c1-6(12)4-9(13)8-3-2-7(10)5-11-8;1-2(3)4/h2-3,5H,4H2,1H3;1H3,(H,3,4). The molecule has 1 N–H and O–H groups in total. The van der Waals surface area contributed by atoms with E-state index in [1.165, 1.54) is 19.2 Å². The number of aromatic nitrogens is 1. The Bertz CT molecular complexity index is 410. The van der Waals surface area contributed by atoms with Crippen LogP contribution in [-0.4, -0.2) is 27.6 Å². The van der Waals surface area contributed by atoms with Gasteiger partial charge in [0.2, 0.25) is 0 Å². The number of hydrogen-bond acceptors (Lipinski definition) is 4. The Morgan fingerprint density at radius 3 is 2.18 bits per heavy atom. The first kappa shape index (κ1) is 15.2. The Morgan fingerprint density at radius 2 is 1.82 bits per heavy atom. The summed E-state index contributed by atoms with van der Waals surface area (Å²) in [5.41, 5.74) is 0.277. The van der Waals surface area contributed by atoms with E-state index in [-0.39, 0.29) is 23.7 Å². The number of carboxylic acid groups (broad SMARTS) is 1. The van der Waals surface area contributed by atoms with Crippen LogP contribution < -0.4 is 0 Å². The lowest BCUT2D eigenvalue weighted by Crippen LogP contribution is -2.06. The van der Waals surface area contributed by atoms with Crippen molar-refractivity contribution in [1.29, 1.82) is 0 Å². The van der Waals surface area contributed by atoms with Gasteiger partial charge in [-0.25, -0.2) is 0 Å². The molecular weight excluding hydrogens is 246 g/mol. The van der Waals surface area contributed by atoms with Gasteiger partial charge >= 0.3 is 0 Å². The van der Waals surface area contributed by atoms with Crippen molar-refractivity contribution in [1.82, 2.24) is 4.98 Å². The van der Waals surface area contributed by atoms with Gasteiger partial charge in [-0.15, -0.1) is 0 Å². The summed E-state index contributed by atoms with van der Waals surface area (Å²) in [6, 6.07) is 3.08. The van der Waals surface area contributed by atoms with E-state index < -0.39 is 5.97 Å². The molecular formula is C11H12ClNO4. The van der Waals surface area contributed by atoms with Crippen molar-refractivity contribution in [3.63, 3.8) is 0 Å². The number of pyridine rings is 1. The zero-order chi connectivity index (χ0) is 13.4. The second-order valence-corrected chi connectivity index (χ2v) is 3.62. The average Bonchev–Trinajstić information content (AvgIpc) is 2.16. The highest BCUT2D eigenvalue weighted by Crippen LogP contribution is 2.07. The Hall–Kier alpha value is -1.75. The van der Waals surface area contributed by atoms with Crippen LogP contribution in [0, 0.1) is 0 Å². The van der Waals surface area contributed by atoms with Crippen molar-refractivity contribution in [2.45, 2.75) is 20.3 Å². The molecule has 0 amide bonds. The van der Waals surface area contributed by atoms with Crippen molar-refractivity contribution in [2.75, 3.05) is 0 Å². The van der Waals surface area contributed by atoms with Crippen molar-refractivity contribution < 1.29 is 19.5 Å². The maximum Gasteiger partial charge on any atom is 0.300 e. The van der Waals surface area contributed by atoms with Gasteiger partial charge in [0.15, 0.2) is 5.78 Å². The Kier molecular flexibility index (Phi) is 6.74. The van der Waals surface area contributed by atoms with Gasteiger partial charge in [0.25, 0.3) is 5.97 Å². The van der Waals surface area contributed by atoms with E-state index in [4.69, 9.17) is 21.5 Å². The predicted octanol–water partition coefficient (Wildman–Crippen LogP) is 1.99. The van der Waals surface area contributed by atoms with Crippen LogP contribution in [0.25, 0.3) is 0 Å². The van der Waals surface area contributed by atoms with E-state index in [1.807, 2.05) is 0 Å². The molecule has 5 nitrogen and oxygen atoms in total. The summed E-state index contributed by atoms with van der Waals surface area (Å²) in [6.07, 6.45) is 1.28. The minimum Gasteiger partial charge on any atom is -0.481 e. The first-order chi connectivity index (χ1) is 7.82. The maximum atomic E-state index is 11.2. The molecule has 1 heterocycles. The number of nitrogens with zero attached hydrogens (tertiary/aromatic N) is 1. The summed E-state index contributed by atoms with van der Waals surface area (Å²) in [5, 5.41) is 7.89. The minimum atomic E-state index is -0.833. The number of hydrogen-bond donors (Lipinski definition) is 1. The Labute approximate surface area is 103 Å². The van der Waals surface area contributed by atoms with Crippen LogP contribution in [0.15, 0.2) is 18.3 Å². The smallest absolute Gasteiger partial charge is 0.300 e. The second-order valence-electron chi connectivity index (χ2n) is 3.18. The lowest BCUT2D eigenvalue weighted by atomic mass is 10.1. The summed E-state index contributed by atoms with van der Waals surface area (Å²) in [5.74, 6) is -1.27. The van der Waals surface area contributed by atoms with E-state index in [0.717, 1.165) is 6.92 Å². The highest BCUT2D eigenvalue weighted by molar-refractivity contribution is 6.30. The molecule has 92 valence electrons. The third kappa shape index (κ3) is 8.10. The molecule has 0 spiro atoms. The highest BCUT2D eigenvalue weighted by atomic mass is 35.5. The van der Waals surface area contributed by atoms with Gasteiger partial charge in [0.05, 0.1) is 11.4 Å². The number of ketones is 2. The number of carboxylic acids is 1. The molecule has 6 heteroatoms. The molecule has 1 aromatic rings. The fourth-order valence-corrected chi connectivity index (χ4v) is 0.969. The molecule has 17 heavy (non-hydrogen) atoms. The SMILES string of the molecule is CC(=O)CC(=O)c1ccc(Cl)cn1.CC(=O)O. The normalized spacial score (nSPS) is 8.88. The molecule has 1 rings (SSSR count). The van der Waals surface area contributed by atoms with E-state index >= 15 is 0 Å². The van der Waals surface area contributed by atoms with Gasteiger partial charge in [-0.3, -0.25) is 19.4 Å². The van der Waals surface area contributed by atoms with Crippen LogP contribution in [-0.2, 0) is 9.59 Å². The average molecular weight is 258 g/mol. The van der Waals surface area contributed by atoms with Gasteiger partial charge in [0.1, 0.15) is 11.5 Å². The van der Waals surface area contributed by atoms with Crippen LogP contribution in [0.5, 0.6) is 0 Å². The molecule has 1 aromatic heterocycles. The van der Waals surface area contributed by atoms with Gasteiger partial charge < -0.3 is 5.11 Å². The summed E-state index contributed by atoms with van der Waals surface area (Å²) in [4.78, 5) is 34.7. The van der Waals surface area contributed by atoms with Gasteiger partial charge in [0, 0.05) is 13.1 Å². The minimum absolute atomic E-state index is 0.103. The molecule has 0 aromatic carbocycles. The second kappa shape index (κ2) is 7.51. The van der Waals surface area contributed by atoms with Gasteiger partial charge in [-0.05, 0) is 19.1 Å². The topological polar surface area (TPSA) is 84.3 Å². The van der Waals surface area contributed by atoms with E-state index in [2.05, 4.69) is 4.98 Å². The Morgan fingerprint density at radius 1 is 1.29 bits per heavy atom. The Balaban J connectivity index is 0.000000557. The molecule has 0 aliphatic rings. The summed E-state index contributed by atoms with van der Waals surface area (Å²) in [7, 11) is 0. The fourth-order valence-electron chi connectivity index (χ4n) is 0.857. The van der Waals surface area contributed by atoms with Gasteiger partial charge in [-0.2, -0.15) is 0 Å². The quantitative estimate of drug-likeness (QED) is 0.661. The number of halogens is 1. The summed E-state index contributed by atoms with van der Waals surface area (Å²) >= 11 is 5.58. The van der Waals surface area contributed by atoms with E-state index in [1.54, 1.807) is 6.07 Å². The third-order valence-electron chi connectivity index (χ3n) is 1.42. The van der Waals surface area contributed by atoms with Crippen molar-refractivity contribution in [2.24, 2.45) is 0 Å². The maximum absolute atomic E-state index is 11.2. The van der Waals surface area contributed by atoms with Crippen molar-refractivity contribution in [3.8, 4) is 0 Å². The number of Topliss-reactive ketones (excluding diaryl/α,β-unsaturated/α-hetero) is 2. The largest absolute Gasteiger partial charge is 0.481 e. The predicted molar refractivity (Wildman–Crippen MR) is 62.2 cm³/mol. The van der Waals surface area contributed by atoms with E-state index in [9.17, 15) is 9.59 Å². The first-order valence-corrected chi connectivity index (χ1v) is 5.04. The number of carbonyl (C=O) groups excluding carboxylic acids is 2. The van der Waals surface area contributed by atoms with Crippen LogP contribution in [0.2, 0.25) is 5.02 Å². The molecule has 0 fully saturated rings. The van der Waals surface area contributed by atoms with Crippen LogP contribution >= 0.6 is 11.6 Å². The van der Waals surface area contributed by atoms with Crippen LogP contribution in [0.3, 0.4) is 0 Å². The van der Waals surface area contributed by atoms with Crippen molar-refractivity contribution >= 4 is 29.1 Å². The summed E-state index contributed by atoms with van der Waals surface area (Å²) in [6.45, 7) is 2.45. The first-order valence-electron chi connectivity index (χ1n) is 4.66. The zero-order valence-corrected chi connectivity index (χ0v) is 10.2.